The molecule has 1 saturated heterocycles. The Morgan fingerprint density at radius 2 is 1.74 bits per heavy atom. The molecule has 1 fully saturated rings. The Morgan fingerprint density at radius 3 is 2.29 bits per heavy atom. The van der Waals surface area contributed by atoms with Gasteiger partial charge in [-0.05, 0) is 42.0 Å². The van der Waals surface area contributed by atoms with E-state index in [1.807, 2.05) is 29.2 Å². The highest BCUT2D eigenvalue weighted by atomic mass is 32.2. The molecule has 164 valence electrons. The molecule has 1 aromatic carbocycles. The van der Waals surface area contributed by atoms with Crippen molar-refractivity contribution in [3.05, 3.63) is 66.2 Å². The molecule has 2 aromatic heterocycles. The number of halogens is 3. The van der Waals surface area contributed by atoms with E-state index in [4.69, 9.17) is 9.15 Å². The molecule has 0 unspecified atom stereocenters. The second kappa shape index (κ2) is 8.01. The number of likely N-dealkylation sites (tertiary alicyclic amines) is 1. The van der Waals surface area contributed by atoms with Crippen LogP contribution < -0.4 is 4.74 Å². The number of alkyl halides is 3. The van der Waals surface area contributed by atoms with Crippen molar-refractivity contribution in [2.75, 3.05) is 19.3 Å². The molecule has 4 rings (SSSR count). The molecule has 0 bridgehead atoms. The average molecular weight is 452 g/mol. The second-order valence-electron chi connectivity index (χ2n) is 7.38. The summed E-state index contributed by atoms with van der Waals surface area (Å²) in [5, 5.41) is 0.0231. The number of pyridine rings is 1. The quantitative estimate of drug-likeness (QED) is 0.563. The minimum atomic E-state index is -4.48. The Morgan fingerprint density at radius 1 is 1.06 bits per heavy atom. The number of furan rings is 1. The summed E-state index contributed by atoms with van der Waals surface area (Å²) in [5.74, 6) is -0.0471. The number of benzene rings is 1. The summed E-state index contributed by atoms with van der Waals surface area (Å²) >= 11 is 0. The van der Waals surface area contributed by atoms with Gasteiger partial charge in [-0.1, -0.05) is 12.1 Å². The summed E-state index contributed by atoms with van der Waals surface area (Å²) in [6.45, 7) is 1.46. The number of aromatic nitrogens is 1. The van der Waals surface area contributed by atoms with Crippen molar-refractivity contribution >= 4 is 9.84 Å². The van der Waals surface area contributed by atoms with Crippen LogP contribution in [0.15, 0.2) is 64.2 Å². The lowest BCUT2D eigenvalue weighted by Crippen LogP contribution is -2.52. The van der Waals surface area contributed by atoms with Gasteiger partial charge in [0.2, 0.25) is 5.76 Å². The van der Waals surface area contributed by atoms with Crippen molar-refractivity contribution in [1.82, 2.24) is 9.88 Å². The standard InChI is InChI=1S/C21H19F3N2O4S/c1-31(27,28)20-9-4-15(10-25-20)14-2-5-16(6-3-14)29-18-12-26(13-18)11-17-7-8-19(30-17)21(22,23)24/h2-10,18H,11-13H2,1H3. The lowest BCUT2D eigenvalue weighted by Gasteiger charge is -2.38. The van der Waals surface area contributed by atoms with Gasteiger partial charge in [-0.25, -0.2) is 13.4 Å². The molecule has 1 aliphatic heterocycles. The molecule has 0 saturated carbocycles. The van der Waals surface area contributed by atoms with Gasteiger partial charge in [-0.15, -0.1) is 0 Å². The van der Waals surface area contributed by atoms with E-state index in [9.17, 15) is 21.6 Å². The molecule has 3 heterocycles. The van der Waals surface area contributed by atoms with Crippen molar-refractivity contribution in [3.8, 4) is 16.9 Å². The van der Waals surface area contributed by atoms with Gasteiger partial charge < -0.3 is 9.15 Å². The highest BCUT2D eigenvalue weighted by Crippen LogP contribution is 2.31. The van der Waals surface area contributed by atoms with E-state index in [1.54, 1.807) is 6.07 Å². The highest BCUT2D eigenvalue weighted by Gasteiger charge is 2.35. The van der Waals surface area contributed by atoms with Gasteiger partial charge in [0.05, 0.1) is 6.54 Å². The SMILES string of the molecule is CS(=O)(=O)c1ccc(-c2ccc(OC3CN(Cc4ccc(C(F)(F)F)o4)C3)cc2)cn1. The zero-order valence-corrected chi connectivity index (χ0v) is 17.3. The lowest BCUT2D eigenvalue weighted by atomic mass is 10.1. The summed E-state index contributed by atoms with van der Waals surface area (Å²) in [6, 6.07) is 12.8. The van der Waals surface area contributed by atoms with Gasteiger partial charge in [0.1, 0.15) is 17.6 Å². The Hall–Kier alpha value is -2.85. The van der Waals surface area contributed by atoms with Crippen molar-refractivity contribution < 1.29 is 30.7 Å². The topological polar surface area (TPSA) is 72.6 Å². The van der Waals surface area contributed by atoms with Crippen LogP contribution in [-0.4, -0.2) is 43.8 Å². The first kappa shape index (κ1) is 21.4. The molecule has 10 heteroatoms. The maximum Gasteiger partial charge on any atom is 0.449 e. The van der Waals surface area contributed by atoms with E-state index in [0.717, 1.165) is 23.4 Å². The first-order chi connectivity index (χ1) is 14.6. The number of rotatable bonds is 6. The molecule has 0 aliphatic carbocycles. The van der Waals surface area contributed by atoms with Crippen LogP contribution in [0.4, 0.5) is 13.2 Å². The Kier molecular flexibility index (Phi) is 5.52. The van der Waals surface area contributed by atoms with E-state index in [2.05, 4.69) is 4.98 Å². The third kappa shape index (κ3) is 5.08. The predicted octanol–water partition coefficient (Wildman–Crippen LogP) is 4.03. The van der Waals surface area contributed by atoms with Gasteiger partial charge in [0.15, 0.2) is 14.9 Å². The van der Waals surface area contributed by atoms with Crippen molar-refractivity contribution in [3.63, 3.8) is 0 Å². The van der Waals surface area contributed by atoms with Gasteiger partial charge >= 0.3 is 6.18 Å². The fourth-order valence-corrected chi connectivity index (χ4v) is 3.81. The predicted molar refractivity (Wildman–Crippen MR) is 106 cm³/mol. The van der Waals surface area contributed by atoms with E-state index in [-0.39, 0.29) is 16.9 Å². The smallest absolute Gasteiger partial charge is 0.449 e. The summed E-state index contributed by atoms with van der Waals surface area (Å²) < 4.78 is 71.5. The number of nitrogens with zero attached hydrogens (tertiary/aromatic N) is 2. The van der Waals surface area contributed by atoms with Crippen LogP contribution >= 0.6 is 0 Å². The molecule has 0 amide bonds. The van der Waals surface area contributed by atoms with Crippen molar-refractivity contribution in [1.29, 1.82) is 0 Å². The number of hydrogen-bond donors (Lipinski definition) is 0. The summed E-state index contributed by atoms with van der Waals surface area (Å²) in [5.41, 5.74) is 1.65. The van der Waals surface area contributed by atoms with E-state index in [1.165, 1.54) is 18.3 Å². The Balaban J connectivity index is 1.29. The summed E-state index contributed by atoms with van der Waals surface area (Å²) in [7, 11) is -3.34. The summed E-state index contributed by atoms with van der Waals surface area (Å²) in [6.07, 6.45) is -1.92. The zero-order chi connectivity index (χ0) is 22.2. The van der Waals surface area contributed by atoms with Crippen LogP contribution in [0.3, 0.4) is 0 Å². The van der Waals surface area contributed by atoms with E-state index < -0.39 is 21.8 Å². The zero-order valence-electron chi connectivity index (χ0n) is 16.5. The van der Waals surface area contributed by atoms with E-state index >= 15 is 0 Å². The van der Waals surface area contributed by atoms with Crippen molar-refractivity contribution in [2.45, 2.75) is 23.9 Å². The maximum atomic E-state index is 12.6. The molecule has 0 radical (unpaired) electrons. The van der Waals surface area contributed by atoms with Gasteiger partial charge in [-0.2, -0.15) is 13.2 Å². The number of sulfone groups is 1. The Bertz CT molecular complexity index is 1150. The highest BCUT2D eigenvalue weighted by molar-refractivity contribution is 7.90. The average Bonchev–Trinajstić information content (AvgIpc) is 3.15. The third-order valence-electron chi connectivity index (χ3n) is 4.85. The molecule has 31 heavy (non-hydrogen) atoms. The van der Waals surface area contributed by atoms with Gasteiger partial charge in [0, 0.05) is 31.1 Å². The fraction of sp³-hybridized carbons (Fsp3) is 0.286. The van der Waals surface area contributed by atoms with Crippen LogP contribution in [0.2, 0.25) is 0 Å². The van der Waals surface area contributed by atoms with Crippen LogP contribution in [0, 0.1) is 0 Å². The van der Waals surface area contributed by atoms with Gasteiger partial charge in [-0.3, -0.25) is 4.90 Å². The Labute approximate surface area is 177 Å². The monoisotopic (exact) mass is 452 g/mol. The molecule has 6 nitrogen and oxygen atoms in total. The molecular formula is C21H19F3N2O4S. The molecular weight excluding hydrogens is 433 g/mol. The molecule has 1 aliphatic rings. The van der Waals surface area contributed by atoms with Crippen LogP contribution in [-0.2, 0) is 22.6 Å². The second-order valence-corrected chi connectivity index (χ2v) is 9.34. The van der Waals surface area contributed by atoms with Crippen LogP contribution in [0.25, 0.3) is 11.1 Å². The fourth-order valence-electron chi connectivity index (χ4n) is 3.25. The van der Waals surface area contributed by atoms with Crippen LogP contribution in [0.1, 0.15) is 11.5 Å². The number of ether oxygens (including phenoxy) is 1. The first-order valence-electron chi connectivity index (χ1n) is 9.39. The lowest BCUT2D eigenvalue weighted by molar-refractivity contribution is -0.153. The largest absolute Gasteiger partial charge is 0.488 e. The summed E-state index contributed by atoms with van der Waals surface area (Å²) in [4.78, 5) is 5.92. The molecule has 0 atom stereocenters. The minimum absolute atomic E-state index is 0.0231. The van der Waals surface area contributed by atoms with E-state index in [0.29, 0.717) is 25.4 Å². The first-order valence-corrected chi connectivity index (χ1v) is 11.3. The van der Waals surface area contributed by atoms with Crippen molar-refractivity contribution in [2.24, 2.45) is 0 Å². The van der Waals surface area contributed by atoms with Crippen LogP contribution in [0.5, 0.6) is 5.75 Å². The molecule has 3 aromatic rings. The van der Waals surface area contributed by atoms with Gasteiger partial charge in [0.25, 0.3) is 0 Å². The molecule has 0 spiro atoms. The maximum absolute atomic E-state index is 12.6. The molecule has 0 N–H and O–H groups in total. The minimum Gasteiger partial charge on any atom is -0.488 e. The third-order valence-corrected chi connectivity index (χ3v) is 5.85. The normalized spacial score (nSPS) is 15.6. The number of hydrogen-bond acceptors (Lipinski definition) is 6.